The molecule has 0 aliphatic rings. The highest BCUT2D eigenvalue weighted by atomic mass is 79.9. The highest BCUT2D eigenvalue weighted by molar-refractivity contribution is 9.39. The zero-order valence-electron chi connectivity index (χ0n) is 15.2. The molecule has 0 heterocycles. The smallest absolute Gasteiger partial charge is 0.0701 e. The number of ether oxygens (including phenoxy) is 6. The maximum absolute atomic E-state index is 5.54. The van der Waals surface area contributed by atoms with Gasteiger partial charge in [-0.2, -0.15) is 0 Å². The largest absolute Gasteiger partial charge is 0.382 e. The standard InChI is InChI=1S/C16H34BrO6P/c1-18-7-9-22-13-11-20-5-3-15-24(17)16-4-6-21-12-14-23-10-8-19-2/h3-16H2,1-2H3. The van der Waals surface area contributed by atoms with Gasteiger partial charge < -0.3 is 28.4 Å². The van der Waals surface area contributed by atoms with E-state index >= 15 is 0 Å². The molecule has 0 aromatic heterocycles. The van der Waals surface area contributed by atoms with Gasteiger partial charge in [-0.1, -0.05) is 15.5 Å². The lowest BCUT2D eigenvalue weighted by atomic mass is 10.5. The Morgan fingerprint density at radius 3 is 1.25 bits per heavy atom. The van der Waals surface area contributed by atoms with E-state index < -0.39 is 0 Å². The molecule has 0 unspecified atom stereocenters. The van der Waals surface area contributed by atoms with Crippen molar-refractivity contribution in [2.24, 2.45) is 0 Å². The molecule has 24 heavy (non-hydrogen) atoms. The first-order valence-electron chi connectivity index (χ1n) is 8.50. The Morgan fingerprint density at radius 2 is 0.875 bits per heavy atom. The third-order valence-electron chi connectivity index (χ3n) is 2.99. The zero-order chi connectivity index (χ0) is 17.7. The van der Waals surface area contributed by atoms with Gasteiger partial charge >= 0.3 is 0 Å². The molecule has 0 radical (unpaired) electrons. The average Bonchev–Trinajstić information content (AvgIpc) is 2.59. The predicted molar refractivity (Wildman–Crippen MR) is 102 cm³/mol. The van der Waals surface area contributed by atoms with Gasteiger partial charge in [-0.15, -0.1) is 0 Å². The second-order valence-corrected chi connectivity index (χ2v) is 9.88. The molecule has 0 rings (SSSR count). The number of halogens is 1. The minimum atomic E-state index is -0.0887. The van der Waals surface area contributed by atoms with Crippen LogP contribution in [0, 0.1) is 0 Å². The fourth-order valence-corrected chi connectivity index (χ4v) is 4.39. The molecule has 6 nitrogen and oxygen atoms in total. The molecule has 0 aromatic carbocycles. The summed E-state index contributed by atoms with van der Waals surface area (Å²) in [6.45, 7) is 6.64. The fourth-order valence-electron chi connectivity index (χ4n) is 1.72. The van der Waals surface area contributed by atoms with Crippen LogP contribution in [0.15, 0.2) is 0 Å². The van der Waals surface area contributed by atoms with Gasteiger partial charge in [0.05, 0.1) is 52.9 Å². The molecule has 0 N–H and O–H groups in total. The van der Waals surface area contributed by atoms with Crippen molar-refractivity contribution in [1.82, 2.24) is 0 Å². The lowest BCUT2D eigenvalue weighted by Crippen LogP contribution is -2.09. The van der Waals surface area contributed by atoms with Crippen LogP contribution in [0.4, 0.5) is 0 Å². The molecule has 0 amide bonds. The van der Waals surface area contributed by atoms with Crippen LogP contribution in [0.25, 0.3) is 0 Å². The SMILES string of the molecule is COCCOCCOCCCP(Br)CCCOCCOCCOC. The highest BCUT2D eigenvalue weighted by Crippen LogP contribution is 2.44. The van der Waals surface area contributed by atoms with Crippen molar-refractivity contribution in [2.75, 3.05) is 92.6 Å². The highest BCUT2D eigenvalue weighted by Gasteiger charge is 2.03. The van der Waals surface area contributed by atoms with Gasteiger partial charge in [-0.05, 0) is 31.8 Å². The molecule has 146 valence electrons. The van der Waals surface area contributed by atoms with E-state index in [1.807, 2.05) is 0 Å². The summed E-state index contributed by atoms with van der Waals surface area (Å²) in [5.41, 5.74) is 0. The number of hydrogen-bond acceptors (Lipinski definition) is 6. The summed E-state index contributed by atoms with van der Waals surface area (Å²) in [6, 6.07) is 0. The molecule has 0 atom stereocenters. The second kappa shape index (κ2) is 21.7. The molecule has 0 aliphatic carbocycles. The molecule has 0 spiro atoms. The first kappa shape index (κ1) is 24.7. The Bertz CT molecular complexity index is 217. The first-order chi connectivity index (χ1) is 11.8. The average molecular weight is 433 g/mol. The molecule has 0 aliphatic heterocycles. The predicted octanol–water partition coefficient (Wildman–Crippen LogP) is 2.92. The molecule has 0 fully saturated rings. The zero-order valence-corrected chi connectivity index (χ0v) is 17.7. The maximum atomic E-state index is 5.54. The van der Waals surface area contributed by atoms with Gasteiger partial charge in [-0.25, -0.2) is 0 Å². The van der Waals surface area contributed by atoms with Crippen LogP contribution in [0.3, 0.4) is 0 Å². The van der Waals surface area contributed by atoms with E-state index in [1.54, 1.807) is 14.2 Å². The third-order valence-corrected chi connectivity index (χ3v) is 6.72. The quantitative estimate of drug-likeness (QED) is 0.218. The summed E-state index contributed by atoms with van der Waals surface area (Å²) in [6.07, 6.45) is 4.53. The van der Waals surface area contributed by atoms with Gasteiger partial charge in [0.15, 0.2) is 0 Å². The molecular formula is C16H34BrO6P. The minimum absolute atomic E-state index is 0.0887. The lowest BCUT2D eigenvalue weighted by Gasteiger charge is -2.11. The van der Waals surface area contributed by atoms with Crippen LogP contribution in [-0.2, 0) is 28.4 Å². The van der Waals surface area contributed by atoms with Gasteiger partial charge in [-0.3, -0.25) is 0 Å². The molecule has 8 heteroatoms. The van der Waals surface area contributed by atoms with Crippen molar-refractivity contribution in [3.8, 4) is 0 Å². The van der Waals surface area contributed by atoms with Gasteiger partial charge in [0.1, 0.15) is 0 Å². The minimum Gasteiger partial charge on any atom is -0.382 e. The fraction of sp³-hybridized carbons (Fsp3) is 1.00. The number of methoxy groups -OCH3 is 2. The van der Waals surface area contributed by atoms with Crippen molar-refractivity contribution >= 4 is 22.1 Å². The second-order valence-electron chi connectivity index (χ2n) is 5.05. The summed E-state index contributed by atoms with van der Waals surface area (Å²) in [4.78, 5) is 0. The van der Waals surface area contributed by atoms with Crippen LogP contribution in [-0.4, -0.2) is 92.6 Å². The van der Waals surface area contributed by atoms with Gasteiger partial charge in [0.25, 0.3) is 0 Å². The van der Waals surface area contributed by atoms with Crippen LogP contribution in [0.1, 0.15) is 12.8 Å². The Morgan fingerprint density at radius 1 is 0.542 bits per heavy atom. The summed E-state index contributed by atoms with van der Waals surface area (Å²) in [7, 11) is 3.34. The Kier molecular flexibility index (Phi) is 22.3. The molecule has 0 aromatic rings. The maximum Gasteiger partial charge on any atom is 0.0701 e. The third kappa shape index (κ3) is 20.7. The van der Waals surface area contributed by atoms with Crippen molar-refractivity contribution in [3.63, 3.8) is 0 Å². The Hall–Kier alpha value is 0.670. The number of rotatable bonds is 20. The van der Waals surface area contributed by atoms with E-state index in [0.29, 0.717) is 52.9 Å². The first-order valence-corrected chi connectivity index (χ1v) is 12.2. The Balaban J connectivity index is 3.12. The van der Waals surface area contributed by atoms with Crippen molar-refractivity contribution in [1.29, 1.82) is 0 Å². The number of hydrogen-bond donors (Lipinski definition) is 0. The summed E-state index contributed by atoms with van der Waals surface area (Å²) >= 11 is 3.78. The van der Waals surface area contributed by atoms with Crippen LogP contribution in [0.5, 0.6) is 0 Å². The van der Waals surface area contributed by atoms with E-state index in [9.17, 15) is 0 Å². The van der Waals surface area contributed by atoms with Crippen LogP contribution < -0.4 is 0 Å². The normalized spacial score (nSPS) is 11.5. The van der Waals surface area contributed by atoms with Crippen molar-refractivity contribution < 1.29 is 28.4 Å². The summed E-state index contributed by atoms with van der Waals surface area (Å²) < 4.78 is 31.5. The van der Waals surface area contributed by atoms with Crippen molar-refractivity contribution in [2.45, 2.75) is 12.8 Å². The van der Waals surface area contributed by atoms with E-state index in [-0.39, 0.29) is 6.62 Å². The molecule has 0 bridgehead atoms. The van der Waals surface area contributed by atoms with E-state index in [1.165, 1.54) is 12.3 Å². The monoisotopic (exact) mass is 432 g/mol. The van der Waals surface area contributed by atoms with Gasteiger partial charge in [0.2, 0.25) is 0 Å². The van der Waals surface area contributed by atoms with E-state index in [2.05, 4.69) is 15.5 Å². The van der Waals surface area contributed by atoms with E-state index in [4.69, 9.17) is 28.4 Å². The van der Waals surface area contributed by atoms with Crippen LogP contribution >= 0.6 is 22.1 Å². The Labute approximate surface area is 156 Å². The lowest BCUT2D eigenvalue weighted by molar-refractivity contribution is 0.0249. The van der Waals surface area contributed by atoms with E-state index in [0.717, 1.165) is 26.1 Å². The van der Waals surface area contributed by atoms with Crippen LogP contribution in [0.2, 0.25) is 0 Å². The molecular weight excluding hydrogens is 399 g/mol. The van der Waals surface area contributed by atoms with Crippen molar-refractivity contribution in [3.05, 3.63) is 0 Å². The topological polar surface area (TPSA) is 55.4 Å². The summed E-state index contributed by atoms with van der Waals surface area (Å²) in [5, 5.41) is 0. The van der Waals surface area contributed by atoms with Gasteiger partial charge in [0, 0.05) is 27.4 Å². The summed E-state index contributed by atoms with van der Waals surface area (Å²) in [5.74, 6) is 0. The molecule has 0 saturated heterocycles. The molecule has 0 saturated carbocycles.